The lowest BCUT2D eigenvalue weighted by atomic mass is 10.0. The number of rotatable bonds is 9. The van der Waals surface area contributed by atoms with Crippen molar-refractivity contribution < 1.29 is 23.9 Å². The number of likely N-dealkylation sites (tertiary alicyclic amines) is 1. The highest BCUT2D eigenvalue weighted by Crippen LogP contribution is 2.30. The van der Waals surface area contributed by atoms with Crippen LogP contribution in [0.4, 0.5) is 17.5 Å². The van der Waals surface area contributed by atoms with E-state index < -0.39 is 11.9 Å². The van der Waals surface area contributed by atoms with Gasteiger partial charge in [-0.15, -0.1) is 0 Å². The molecule has 4 rings (SSSR count). The Kier molecular flexibility index (Phi) is 7.77. The predicted molar refractivity (Wildman–Crippen MR) is 136 cm³/mol. The summed E-state index contributed by atoms with van der Waals surface area (Å²) in [4.78, 5) is 50.6. The Balaban J connectivity index is 1.59. The number of carbonyl (C=O) groups is 3. The van der Waals surface area contributed by atoms with Gasteiger partial charge in [-0.05, 0) is 49.3 Å². The summed E-state index contributed by atoms with van der Waals surface area (Å²) >= 11 is 0. The molecule has 0 radical (unpaired) electrons. The second kappa shape index (κ2) is 11.3. The number of ether oxygens (including phenoxy) is 2. The molecular weight excluding hydrogens is 478 g/mol. The Bertz CT molecular complexity index is 1330. The minimum Gasteiger partial charge on any atom is -0.482 e. The molecule has 12 heteroatoms. The number of hydrogen-bond donors (Lipinski definition) is 2. The first-order valence-electron chi connectivity index (χ1n) is 11.6. The SMILES string of the molecule is C=CC(=O)Nc1nc(Nc2ccc(OCC(=O)OC)cc2)nc2c1ncn2C1CCN(C(=O)C=C)CC1. The molecule has 3 heterocycles. The van der Waals surface area contributed by atoms with Crippen LogP contribution in [-0.4, -0.2) is 69.0 Å². The number of anilines is 3. The standard InChI is InChI=1S/C25H27N7O5/c1-4-19(33)28-23-22-24(32(15-26-22)17-10-12-31(13-11-17)20(34)5-2)30-25(29-23)27-16-6-8-18(9-7-16)37-14-21(35)36-3/h4-9,15,17H,1-2,10-14H2,3H3,(H2,27,28,29,30,33). The number of amides is 2. The second-order valence-electron chi connectivity index (χ2n) is 8.19. The normalized spacial score (nSPS) is 13.6. The minimum atomic E-state index is -0.479. The zero-order valence-corrected chi connectivity index (χ0v) is 20.3. The van der Waals surface area contributed by atoms with E-state index in [1.54, 1.807) is 35.5 Å². The van der Waals surface area contributed by atoms with Crippen LogP contribution in [0.1, 0.15) is 18.9 Å². The number of methoxy groups -OCH3 is 1. The van der Waals surface area contributed by atoms with Crippen molar-refractivity contribution >= 4 is 46.4 Å². The number of piperidine rings is 1. The molecule has 0 unspecified atom stereocenters. The Morgan fingerprint density at radius 3 is 2.49 bits per heavy atom. The van der Waals surface area contributed by atoms with E-state index in [1.807, 2.05) is 4.57 Å². The number of benzene rings is 1. The molecule has 12 nitrogen and oxygen atoms in total. The van der Waals surface area contributed by atoms with Crippen molar-refractivity contribution in [2.45, 2.75) is 18.9 Å². The molecule has 0 atom stereocenters. The quantitative estimate of drug-likeness (QED) is 0.332. The molecule has 2 amide bonds. The first-order valence-corrected chi connectivity index (χ1v) is 11.6. The molecule has 1 aliphatic heterocycles. The molecule has 2 aromatic heterocycles. The maximum Gasteiger partial charge on any atom is 0.343 e. The monoisotopic (exact) mass is 505 g/mol. The summed E-state index contributed by atoms with van der Waals surface area (Å²) in [5, 5.41) is 5.83. The molecule has 0 saturated carbocycles. The zero-order valence-electron chi connectivity index (χ0n) is 20.3. The van der Waals surface area contributed by atoms with Gasteiger partial charge in [0.25, 0.3) is 0 Å². The smallest absolute Gasteiger partial charge is 0.343 e. The molecule has 0 aliphatic carbocycles. The molecule has 1 fully saturated rings. The van der Waals surface area contributed by atoms with Gasteiger partial charge in [-0.25, -0.2) is 9.78 Å². The maximum absolute atomic E-state index is 12.1. The van der Waals surface area contributed by atoms with Crippen LogP contribution < -0.4 is 15.4 Å². The van der Waals surface area contributed by atoms with Crippen LogP contribution in [0.3, 0.4) is 0 Å². The van der Waals surface area contributed by atoms with E-state index in [9.17, 15) is 14.4 Å². The number of imidazole rings is 1. The van der Waals surface area contributed by atoms with Crippen molar-refractivity contribution in [2.75, 3.05) is 37.4 Å². The molecule has 1 aliphatic rings. The lowest BCUT2D eigenvalue weighted by Gasteiger charge is -2.32. The van der Waals surface area contributed by atoms with Crippen molar-refractivity contribution in [1.29, 1.82) is 0 Å². The molecule has 37 heavy (non-hydrogen) atoms. The maximum atomic E-state index is 12.1. The summed E-state index contributed by atoms with van der Waals surface area (Å²) in [5.41, 5.74) is 1.65. The molecule has 0 spiro atoms. The van der Waals surface area contributed by atoms with Crippen molar-refractivity contribution in [3.8, 4) is 5.75 Å². The Labute approximate surface area is 213 Å². The van der Waals surface area contributed by atoms with Crippen LogP contribution in [0.15, 0.2) is 55.9 Å². The number of hydrogen-bond acceptors (Lipinski definition) is 9. The van der Waals surface area contributed by atoms with Crippen LogP contribution in [0, 0.1) is 0 Å². The number of esters is 1. The minimum absolute atomic E-state index is 0.0656. The Hall–Kier alpha value is -4.74. The van der Waals surface area contributed by atoms with Crippen molar-refractivity contribution in [3.05, 3.63) is 55.9 Å². The fourth-order valence-corrected chi connectivity index (χ4v) is 3.95. The highest BCUT2D eigenvalue weighted by atomic mass is 16.6. The fourth-order valence-electron chi connectivity index (χ4n) is 3.95. The summed E-state index contributed by atoms with van der Waals surface area (Å²) < 4.78 is 11.9. The highest BCUT2D eigenvalue weighted by molar-refractivity contribution is 6.02. The summed E-state index contributed by atoms with van der Waals surface area (Å²) in [6, 6.07) is 6.92. The van der Waals surface area contributed by atoms with E-state index in [4.69, 9.17) is 4.74 Å². The molecular formula is C25H27N7O5. The van der Waals surface area contributed by atoms with Gasteiger partial charge in [0, 0.05) is 24.8 Å². The lowest BCUT2D eigenvalue weighted by molar-refractivity contribution is -0.143. The third-order valence-corrected chi connectivity index (χ3v) is 5.89. The topological polar surface area (TPSA) is 141 Å². The molecule has 0 bridgehead atoms. The average Bonchev–Trinajstić information content (AvgIpc) is 3.36. The van der Waals surface area contributed by atoms with Gasteiger partial charge in [-0.3, -0.25) is 9.59 Å². The molecule has 1 saturated heterocycles. The number of nitrogens with one attached hydrogen (secondary N) is 2. The van der Waals surface area contributed by atoms with E-state index in [0.717, 1.165) is 18.9 Å². The van der Waals surface area contributed by atoms with Gasteiger partial charge in [0.05, 0.1) is 13.4 Å². The molecule has 192 valence electrons. The van der Waals surface area contributed by atoms with Crippen LogP contribution >= 0.6 is 0 Å². The summed E-state index contributed by atoms with van der Waals surface area (Å²) in [7, 11) is 1.29. The van der Waals surface area contributed by atoms with Gasteiger partial charge in [0.1, 0.15) is 5.75 Å². The fraction of sp³-hybridized carbons (Fsp3) is 0.280. The number of fused-ring (bicyclic) bond motifs is 1. The van der Waals surface area contributed by atoms with Crippen molar-refractivity contribution in [1.82, 2.24) is 24.4 Å². The molecule has 1 aromatic carbocycles. The summed E-state index contributed by atoms with van der Waals surface area (Å²) in [6.07, 6.45) is 5.59. The lowest BCUT2D eigenvalue weighted by Crippen LogP contribution is -2.38. The van der Waals surface area contributed by atoms with Crippen molar-refractivity contribution in [3.63, 3.8) is 0 Å². The van der Waals surface area contributed by atoms with Crippen LogP contribution in [-0.2, 0) is 19.1 Å². The zero-order chi connectivity index (χ0) is 26.4. The van der Waals surface area contributed by atoms with Gasteiger partial charge < -0.3 is 29.6 Å². The van der Waals surface area contributed by atoms with Crippen LogP contribution in [0.2, 0.25) is 0 Å². The largest absolute Gasteiger partial charge is 0.482 e. The third kappa shape index (κ3) is 5.92. The van der Waals surface area contributed by atoms with Crippen molar-refractivity contribution in [2.24, 2.45) is 0 Å². The molecule has 2 N–H and O–H groups in total. The first-order chi connectivity index (χ1) is 17.9. The van der Waals surface area contributed by atoms with Gasteiger partial charge >= 0.3 is 5.97 Å². The number of carbonyl (C=O) groups excluding carboxylic acids is 3. The average molecular weight is 506 g/mol. The van der Waals surface area contributed by atoms with E-state index in [0.29, 0.717) is 35.7 Å². The van der Waals surface area contributed by atoms with Gasteiger partial charge in [-0.2, -0.15) is 9.97 Å². The predicted octanol–water partition coefficient (Wildman–Crippen LogP) is 2.60. The third-order valence-electron chi connectivity index (χ3n) is 5.89. The summed E-state index contributed by atoms with van der Waals surface area (Å²) in [5.74, 6) is -0.00878. The van der Waals surface area contributed by atoms with E-state index in [-0.39, 0.29) is 30.3 Å². The Morgan fingerprint density at radius 1 is 1.11 bits per heavy atom. The van der Waals surface area contributed by atoms with E-state index >= 15 is 0 Å². The number of nitrogens with zero attached hydrogens (tertiary/aromatic N) is 5. The van der Waals surface area contributed by atoms with E-state index in [2.05, 4.69) is 43.5 Å². The van der Waals surface area contributed by atoms with Gasteiger partial charge in [0.2, 0.25) is 17.8 Å². The van der Waals surface area contributed by atoms with Gasteiger partial charge in [0.15, 0.2) is 23.6 Å². The highest BCUT2D eigenvalue weighted by Gasteiger charge is 2.25. The molecule has 3 aromatic rings. The second-order valence-corrected chi connectivity index (χ2v) is 8.19. The first kappa shape index (κ1) is 25.4. The summed E-state index contributed by atoms with van der Waals surface area (Å²) in [6.45, 7) is 8.05. The van der Waals surface area contributed by atoms with E-state index in [1.165, 1.54) is 13.2 Å². The van der Waals surface area contributed by atoms with Crippen LogP contribution in [0.25, 0.3) is 11.2 Å². The van der Waals surface area contributed by atoms with Gasteiger partial charge in [-0.1, -0.05) is 13.2 Å². The Morgan fingerprint density at radius 2 is 1.84 bits per heavy atom. The number of aromatic nitrogens is 4. The van der Waals surface area contributed by atoms with Crippen LogP contribution in [0.5, 0.6) is 5.75 Å².